The number of hydrogen-bond acceptors (Lipinski definition) is 2. The van der Waals surface area contributed by atoms with Crippen LogP contribution in [0.1, 0.15) is 16.8 Å². The highest BCUT2D eigenvalue weighted by atomic mass is 31.2. The van der Waals surface area contributed by atoms with Gasteiger partial charge in [-0.1, -0.05) is 133 Å². The van der Waals surface area contributed by atoms with Crippen LogP contribution in [0.3, 0.4) is 0 Å². The molecule has 2 nitrogen and oxygen atoms in total. The van der Waals surface area contributed by atoms with Gasteiger partial charge in [0, 0.05) is 16.2 Å². The predicted octanol–water partition coefficient (Wildman–Crippen LogP) is 7.80. The minimum atomic E-state index is -3.35. The third-order valence-corrected chi connectivity index (χ3v) is 10.4. The number of fused-ring (bicyclic) bond motifs is 2. The van der Waals surface area contributed by atoms with Gasteiger partial charge in [-0.05, 0) is 33.2 Å². The molecule has 0 bridgehead atoms. The fourth-order valence-electron chi connectivity index (χ4n) is 5.25. The SMILES string of the molecule is O=P(c1ccccc1)(c1ccccc1)C(c1ccc2ccccc2c1)c1c(O)ccc2ccccc12. The van der Waals surface area contributed by atoms with Gasteiger partial charge in [-0.15, -0.1) is 0 Å². The highest BCUT2D eigenvalue weighted by Crippen LogP contribution is 2.62. The van der Waals surface area contributed by atoms with Gasteiger partial charge < -0.3 is 9.67 Å². The molecular formula is C33H25O2P. The average Bonchev–Trinajstić information content (AvgIpc) is 2.95. The monoisotopic (exact) mass is 484 g/mol. The number of phenolic OH excluding ortho intramolecular Hbond substituents is 1. The molecule has 6 aromatic rings. The molecule has 0 saturated heterocycles. The molecule has 6 rings (SSSR count). The first kappa shape index (κ1) is 22.3. The van der Waals surface area contributed by atoms with Gasteiger partial charge >= 0.3 is 0 Å². The van der Waals surface area contributed by atoms with Crippen LogP contribution in [-0.4, -0.2) is 5.11 Å². The molecule has 0 heterocycles. The number of rotatable bonds is 5. The summed E-state index contributed by atoms with van der Waals surface area (Å²) in [5, 5.41) is 17.0. The Morgan fingerprint density at radius 2 is 1.06 bits per heavy atom. The minimum absolute atomic E-state index is 0.152. The number of benzene rings is 6. The van der Waals surface area contributed by atoms with Crippen LogP contribution in [0.4, 0.5) is 0 Å². The molecule has 0 aromatic heterocycles. The van der Waals surface area contributed by atoms with Crippen LogP contribution in [-0.2, 0) is 4.57 Å². The van der Waals surface area contributed by atoms with E-state index < -0.39 is 12.8 Å². The lowest BCUT2D eigenvalue weighted by Gasteiger charge is -2.31. The lowest BCUT2D eigenvalue weighted by atomic mass is 9.95. The van der Waals surface area contributed by atoms with Gasteiger partial charge in [0.25, 0.3) is 0 Å². The zero-order chi connectivity index (χ0) is 24.5. The fraction of sp³-hybridized carbons (Fsp3) is 0.0303. The smallest absolute Gasteiger partial charge is 0.154 e. The zero-order valence-electron chi connectivity index (χ0n) is 19.7. The van der Waals surface area contributed by atoms with Gasteiger partial charge in [0.15, 0.2) is 7.14 Å². The van der Waals surface area contributed by atoms with E-state index >= 15 is 4.57 Å². The van der Waals surface area contributed by atoms with Crippen molar-refractivity contribution >= 4 is 39.3 Å². The van der Waals surface area contributed by atoms with Crippen molar-refractivity contribution in [2.75, 3.05) is 0 Å². The van der Waals surface area contributed by atoms with Crippen molar-refractivity contribution in [1.82, 2.24) is 0 Å². The molecule has 0 aliphatic carbocycles. The van der Waals surface area contributed by atoms with E-state index in [-0.39, 0.29) is 5.75 Å². The standard InChI is InChI=1S/C33H25O2P/c34-31-22-21-25-12-9-10-18-30(25)32(31)33(27-20-19-24-11-7-8-13-26(24)23-27)36(35,28-14-3-1-4-15-28)29-16-5-2-6-17-29/h1-23,33-34H. The lowest BCUT2D eigenvalue weighted by Crippen LogP contribution is -2.22. The highest BCUT2D eigenvalue weighted by molar-refractivity contribution is 7.79. The largest absolute Gasteiger partial charge is 0.508 e. The molecule has 1 unspecified atom stereocenters. The third kappa shape index (κ3) is 3.71. The summed E-state index contributed by atoms with van der Waals surface area (Å²) in [5.41, 5.74) is 1.02. The van der Waals surface area contributed by atoms with E-state index in [1.54, 1.807) is 6.07 Å². The Balaban J connectivity index is 1.75. The fourth-order valence-corrected chi connectivity index (χ4v) is 8.59. The van der Waals surface area contributed by atoms with Crippen molar-refractivity contribution in [2.45, 2.75) is 5.66 Å². The molecule has 0 spiro atoms. The summed E-state index contributed by atoms with van der Waals surface area (Å²) in [4.78, 5) is 0. The molecule has 3 heteroatoms. The molecule has 0 amide bonds. The van der Waals surface area contributed by atoms with Crippen molar-refractivity contribution < 1.29 is 9.67 Å². The number of hydrogen-bond donors (Lipinski definition) is 1. The van der Waals surface area contributed by atoms with E-state index in [0.717, 1.165) is 37.7 Å². The topological polar surface area (TPSA) is 37.3 Å². The Morgan fingerprint density at radius 3 is 1.72 bits per heavy atom. The quantitative estimate of drug-likeness (QED) is 0.254. The Morgan fingerprint density at radius 1 is 0.528 bits per heavy atom. The number of aromatic hydroxyl groups is 1. The molecule has 0 saturated carbocycles. The summed E-state index contributed by atoms with van der Waals surface area (Å²) >= 11 is 0. The molecule has 6 aromatic carbocycles. The van der Waals surface area contributed by atoms with E-state index in [1.807, 2.05) is 103 Å². The van der Waals surface area contributed by atoms with E-state index in [4.69, 9.17) is 0 Å². The zero-order valence-corrected chi connectivity index (χ0v) is 20.6. The van der Waals surface area contributed by atoms with Crippen molar-refractivity contribution in [3.05, 3.63) is 151 Å². The molecule has 0 fully saturated rings. The Bertz CT molecular complexity index is 1680. The first-order valence-electron chi connectivity index (χ1n) is 12.1. The van der Waals surface area contributed by atoms with Crippen LogP contribution < -0.4 is 10.6 Å². The minimum Gasteiger partial charge on any atom is -0.508 e. The van der Waals surface area contributed by atoms with Gasteiger partial charge in [-0.2, -0.15) is 0 Å². The normalized spacial score (nSPS) is 12.6. The van der Waals surface area contributed by atoms with E-state index in [9.17, 15) is 5.11 Å². The van der Waals surface area contributed by atoms with Crippen LogP contribution in [0.25, 0.3) is 21.5 Å². The first-order chi connectivity index (χ1) is 17.7. The molecular weight excluding hydrogens is 459 g/mol. The summed E-state index contributed by atoms with van der Waals surface area (Å²) in [6, 6.07) is 45.5. The molecule has 174 valence electrons. The predicted molar refractivity (Wildman–Crippen MR) is 151 cm³/mol. The summed E-state index contributed by atoms with van der Waals surface area (Å²) < 4.78 is 15.7. The highest BCUT2D eigenvalue weighted by Gasteiger charge is 2.41. The summed E-state index contributed by atoms with van der Waals surface area (Å²) in [6.07, 6.45) is 0. The van der Waals surface area contributed by atoms with Gasteiger partial charge in [0.1, 0.15) is 5.75 Å². The lowest BCUT2D eigenvalue weighted by molar-refractivity contribution is 0.469. The third-order valence-electron chi connectivity index (χ3n) is 6.95. The van der Waals surface area contributed by atoms with E-state index in [2.05, 4.69) is 30.3 Å². The van der Waals surface area contributed by atoms with Crippen LogP contribution in [0.2, 0.25) is 0 Å². The van der Waals surface area contributed by atoms with E-state index in [1.165, 1.54) is 0 Å². The Labute approximate surface area is 210 Å². The Kier molecular flexibility index (Phi) is 5.68. The van der Waals surface area contributed by atoms with Crippen molar-refractivity contribution in [3.63, 3.8) is 0 Å². The second kappa shape index (κ2) is 9.15. The van der Waals surface area contributed by atoms with E-state index in [0.29, 0.717) is 5.56 Å². The van der Waals surface area contributed by atoms with Crippen molar-refractivity contribution in [3.8, 4) is 5.75 Å². The van der Waals surface area contributed by atoms with Gasteiger partial charge in [-0.25, -0.2) is 0 Å². The van der Waals surface area contributed by atoms with Crippen LogP contribution in [0, 0.1) is 0 Å². The molecule has 0 aliphatic heterocycles. The second-order valence-corrected chi connectivity index (χ2v) is 11.9. The van der Waals surface area contributed by atoms with Gasteiger partial charge in [0.2, 0.25) is 0 Å². The molecule has 0 aliphatic rings. The second-order valence-electron chi connectivity index (χ2n) is 9.06. The molecule has 0 radical (unpaired) electrons. The summed E-state index contributed by atoms with van der Waals surface area (Å²) in [7, 11) is -3.35. The van der Waals surface area contributed by atoms with Crippen LogP contribution in [0.5, 0.6) is 5.75 Å². The summed E-state index contributed by atoms with van der Waals surface area (Å²) in [6.45, 7) is 0. The van der Waals surface area contributed by atoms with Crippen molar-refractivity contribution in [2.24, 2.45) is 0 Å². The maximum absolute atomic E-state index is 15.7. The van der Waals surface area contributed by atoms with Crippen LogP contribution >= 0.6 is 7.14 Å². The number of phenols is 1. The van der Waals surface area contributed by atoms with Gasteiger partial charge in [-0.3, -0.25) is 0 Å². The van der Waals surface area contributed by atoms with Gasteiger partial charge in [0.05, 0.1) is 5.66 Å². The first-order valence-corrected chi connectivity index (χ1v) is 13.8. The van der Waals surface area contributed by atoms with Crippen molar-refractivity contribution in [1.29, 1.82) is 0 Å². The molecule has 1 atom stereocenters. The summed E-state index contributed by atoms with van der Waals surface area (Å²) in [5.74, 6) is 0.152. The maximum Gasteiger partial charge on any atom is 0.154 e. The molecule has 36 heavy (non-hydrogen) atoms. The molecule has 1 N–H and O–H groups in total. The maximum atomic E-state index is 15.7. The van der Waals surface area contributed by atoms with Crippen LogP contribution in [0.15, 0.2) is 140 Å². The average molecular weight is 485 g/mol. The Hall–Kier alpha value is -4.13.